The zero-order valence-corrected chi connectivity index (χ0v) is 13.2. The Morgan fingerprint density at radius 1 is 1.17 bits per heavy atom. The van der Waals surface area contributed by atoms with Crippen molar-refractivity contribution >= 4 is 29.1 Å². The highest BCUT2D eigenvalue weighted by molar-refractivity contribution is 6.39. The van der Waals surface area contributed by atoms with E-state index in [2.05, 4.69) is 10.6 Å². The van der Waals surface area contributed by atoms with Gasteiger partial charge in [0.1, 0.15) is 0 Å². The lowest BCUT2D eigenvalue weighted by Crippen LogP contribution is -2.35. The van der Waals surface area contributed by atoms with Gasteiger partial charge in [-0.25, -0.2) is 0 Å². The molecular weight excluding hydrogens is 310 g/mol. The molecule has 3 amide bonds. The maximum Gasteiger partial charge on any atom is 0.313 e. The van der Waals surface area contributed by atoms with E-state index in [9.17, 15) is 14.4 Å². The van der Waals surface area contributed by atoms with E-state index in [1.54, 1.807) is 35.2 Å². The molecule has 1 aliphatic rings. The molecular formula is C17H17N3O4. The van der Waals surface area contributed by atoms with Crippen molar-refractivity contribution in [1.29, 1.82) is 0 Å². The van der Waals surface area contributed by atoms with Crippen LogP contribution in [0.15, 0.2) is 41.0 Å². The summed E-state index contributed by atoms with van der Waals surface area (Å²) in [5, 5.41) is 4.81. The fourth-order valence-electron chi connectivity index (χ4n) is 2.72. The number of amides is 3. The zero-order chi connectivity index (χ0) is 17.1. The van der Waals surface area contributed by atoms with E-state index < -0.39 is 11.8 Å². The third kappa shape index (κ3) is 3.01. The summed E-state index contributed by atoms with van der Waals surface area (Å²) in [6, 6.07) is 8.55. The van der Waals surface area contributed by atoms with Crippen LogP contribution in [-0.4, -0.2) is 31.3 Å². The highest BCUT2D eigenvalue weighted by Gasteiger charge is 2.25. The summed E-state index contributed by atoms with van der Waals surface area (Å²) >= 11 is 0. The van der Waals surface area contributed by atoms with E-state index in [-0.39, 0.29) is 5.91 Å². The summed E-state index contributed by atoms with van der Waals surface area (Å²) in [4.78, 5) is 37.1. The smallest absolute Gasteiger partial charge is 0.313 e. The normalized spacial score (nSPS) is 13.1. The molecule has 1 aromatic heterocycles. The van der Waals surface area contributed by atoms with Gasteiger partial charge >= 0.3 is 11.8 Å². The van der Waals surface area contributed by atoms with Gasteiger partial charge in [-0.05, 0) is 48.7 Å². The van der Waals surface area contributed by atoms with Gasteiger partial charge < -0.3 is 20.0 Å². The molecule has 124 valence electrons. The molecule has 0 bridgehead atoms. The molecule has 0 radical (unpaired) electrons. The molecule has 24 heavy (non-hydrogen) atoms. The van der Waals surface area contributed by atoms with Gasteiger partial charge in [0.15, 0.2) is 5.76 Å². The molecule has 1 aromatic carbocycles. The van der Waals surface area contributed by atoms with Crippen LogP contribution in [0.5, 0.6) is 0 Å². The molecule has 7 heteroatoms. The molecule has 7 nitrogen and oxygen atoms in total. The van der Waals surface area contributed by atoms with Crippen molar-refractivity contribution < 1.29 is 18.8 Å². The zero-order valence-electron chi connectivity index (χ0n) is 13.2. The third-order valence-electron chi connectivity index (χ3n) is 3.87. The number of fused-ring (bicyclic) bond motifs is 1. The highest BCUT2D eigenvalue weighted by atomic mass is 16.3. The first-order valence-corrected chi connectivity index (χ1v) is 7.61. The maximum absolute atomic E-state index is 12.5. The predicted molar refractivity (Wildman–Crippen MR) is 87.8 cm³/mol. The Labute approximate surface area is 138 Å². The van der Waals surface area contributed by atoms with Gasteiger partial charge in [0, 0.05) is 25.0 Å². The number of nitrogens with one attached hydrogen (secondary N) is 2. The molecule has 3 rings (SSSR count). The number of likely N-dealkylation sites (N-methyl/N-ethyl adjacent to an activating group) is 1. The summed E-state index contributed by atoms with van der Waals surface area (Å²) in [7, 11) is 1.40. The molecule has 2 N–H and O–H groups in total. The number of carbonyl (C=O) groups excluding carboxylic acids is 3. The Morgan fingerprint density at radius 3 is 2.71 bits per heavy atom. The average Bonchev–Trinajstić information content (AvgIpc) is 3.14. The van der Waals surface area contributed by atoms with Crippen LogP contribution in [0.1, 0.15) is 22.5 Å². The molecule has 2 aromatic rings. The number of hydrogen-bond donors (Lipinski definition) is 2. The van der Waals surface area contributed by atoms with Crippen LogP contribution in [0.2, 0.25) is 0 Å². The summed E-state index contributed by atoms with van der Waals surface area (Å²) in [5.74, 6) is -1.33. The van der Waals surface area contributed by atoms with E-state index in [1.807, 2.05) is 0 Å². The number of benzene rings is 1. The average molecular weight is 327 g/mol. The second-order valence-corrected chi connectivity index (χ2v) is 5.41. The molecule has 2 heterocycles. The van der Waals surface area contributed by atoms with Gasteiger partial charge in [-0.15, -0.1) is 0 Å². The number of furan rings is 1. The largest absolute Gasteiger partial charge is 0.459 e. The summed E-state index contributed by atoms with van der Waals surface area (Å²) < 4.78 is 5.19. The van der Waals surface area contributed by atoms with Crippen molar-refractivity contribution in [3.63, 3.8) is 0 Å². The van der Waals surface area contributed by atoms with Crippen LogP contribution in [-0.2, 0) is 16.0 Å². The number of rotatable bonds is 2. The van der Waals surface area contributed by atoms with Gasteiger partial charge in [0.2, 0.25) is 0 Å². The molecule has 0 spiro atoms. The van der Waals surface area contributed by atoms with Gasteiger partial charge in [0.05, 0.1) is 6.26 Å². The van der Waals surface area contributed by atoms with Crippen molar-refractivity contribution in [1.82, 2.24) is 5.32 Å². The minimum absolute atomic E-state index is 0.192. The van der Waals surface area contributed by atoms with Crippen LogP contribution in [0, 0.1) is 0 Å². The lowest BCUT2D eigenvalue weighted by molar-refractivity contribution is -0.135. The minimum Gasteiger partial charge on any atom is -0.459 e. The number of carbonyl (C=O) groups is 3. The fraction of sp³-hybridized carbons (Fsp3) is 0.235. The lowest BCUT2D eigenvalue weighted by atomic mass is 10.0. The van der Waals surface area contributed by atoms with Gasteiger partial charge in [-0.2, -0.15) is 0 Å². The molecule has 1 aliphatic heterocycles. The second kappa shape index (κ2) is 6.57. The quantitative estimate of drug-likeness (QED) is 0.819. The molecule has 0 aliphatic carbocycles. The number of nitrogens with zero attached hydrogens (tertiary/aromatic N) is 1. The standard InChI is InChI=1S/C17H17N3O4/c1-18-15(21)16(22)19-12-6-7-13-11(10-12)4-2-8-20(13)17(23)14-5-3-9-24-14/h3,5-7,9-10H,2,4,8H2,1H3,(H,18,21)(H,19,22). The molecule has 0 unspecified atom stereocenters. The van der Waals surface area contributed by atoms with Crippen molar-refractivity contribution in [2.45, 2.75) is 12.8 Å². The second-order valence-electron chi connectivity index (χ2n) is 5.41. The third-order valence-corrected chi connectivity index (χ3v) is 3.87. The van der Waals surface area contributed by atoms with Crippen LogP contribution < -0.4 is 15.5 Å². The Morgan fingerprint density at radius 2 is 2.00 bits per heavy atom. The Balaban J connectivity index is 1.83. The first-order valence-electron chi connectivity index (χ1n) is 7.61. The predicted octanol–water partition coefficient (Wildman–Crippen LogP) is 1.56. The summed E-state index contributed by atoms with van der Waals surface area (Å²) in [5.41, 5.74) is 2.26. The Kier molecular flexibility index (Phi) is 4.33. The molecule has 0 saturated heterocycles. The maximum atomic E-state index is 12.5. The first kappa shape index (κ1) is 15.8. The topological polar surface area (TPSA) is 91.7 Å². The summed E-state index contributed by atoms with van der Waals surface area (Å²) in [6.45, 7) is 0.608. The lowest BCUT2D eigenvalue weighted by Gasteiger charge is -2.29. The fourth-order valence-corrected chi connectivity index (χ4v) is 2.72. The van der Waals surface area contributed by atoms with Crippen LogP contribution in [0.3, 0.4) is 0 Å². The van der Waals surface area contributed by atoms with Crippen LogP contribution >= 0.6 is 0 Å². The van der Waals surface area contributed by atoms with Crippen molar-refractivity contribution in [2.24, 2.45) is 0 Å². The minimum atomic E-state index is -0.725. The van der Waals surface area contributed by atoms with E-state index in [1.165, 1.54) is 13.3 Å². The number of hydrogen-bond acceptors (Lipinski definition) is 4. The van der Waals surface area contributed by atoms with Crippen LogP contribution in [0.4, 0.5) is 11.4 Å². The number of aryl methyl sites for hydroxylation is 1. The van der Waals surface area contributed by atoms with Gasteiger partial charge in [-0.3, -0.25) is 14.4 Å². The van der Waals surface area contributed by atoms with Crippen molar-refractivity contribution in [3.05, 3.63) is 47.9 Å². The summed E-state index contributed by atoms with van der Waals surface area (Å²) in [6.07, 6.45) is 3.07. The van der Waals surface area contributed by atoms with E-state index in [0.717, 1.165) is 24.1 Å². The SMILES string of the molecule is CNC(=O)C(=O)Nc1ccc2c(c1)CCCN2C(=O)c1ccco1. The van der Waals surface area contributed by atoms with Gasteiger partial charge in [-0.1, -0.05) is 0 Å². The van der Waals surface area contributed by atoms with Crippen molar-refractivity contribution in [2.75, 3.05) is 23.8 Å². The first-order chi connectivity index (χ1) is 11.6. The van der Waals surface area contributed by atoms with Crippen LogP contribution in [0.25, 0.3) is 0 Å². The molecule has 0 atom stereocenters. The van der Waals surface area contributed by atoms with Crippen molar-refractivity contribution in [3.8, 4) is 0 Å². The highest BCUT2D eigenvalue weighted by Crippen LogP contribution is 2.30. The number of anilines is 2. The Hall–Kier alpha value is -3.09. The van der Waals surface area contributed by atoms with E-state index >= 15 is 0 Å². The molecule has 0 fully saturated rings. The Bertz CT molecular complexity index is 783. The monoisotopic (exact) mass is 327 g/mol. The molecule has 0 saturated carbocycles. The van der Waals surface area contributed by atoms with E-state index in [0.29, 0.717) is 18.0 Å². The van der Waals surface area contributed by atoms with E-state index in [4.69, 9.17) is 4.42 Å². The van der Waals surface area contributed by atoms with Gasteiger partial charge in [0.25, 0.3) is 5.91 Å².